The van der Waals surface area contributed by atoms with Crippen molar-refractivity contribution in [2.75, 3.05) is 6.54 Å². The van der Waals surface area contributed by atoms with Gasteiger partial charge in [-0.15, -0.1) is 0 Å². The molecule has 22 heavy (non-hydrogen) atoms. The van der Waals surface area contributed by atoms with Gasteiger partial charge in [0.25, 0.3) is 0 Å². The molecule has 12 heteroatoms. The molecule has 1 unspecified atom stereocenters. The number of hydrogen-bond donors (Lipinski definition) is 3. The van der Waals surface area contributed by atoms with Crippen LogP contribution in [0, 0.1) is 0 Å². The van der Waals surface area contributed by atoms with Crippen LogP contribution < -0.4 is 37.6 Å². The number of carbonyl (C=O) groups is 4. The van der Waals surface area contributed by atoms with Crippen molar-refractivity contribution in [1.82, 2.24) is 11.5 Å². The summed E-state index contributed by atoms with van der Waals surface area (Å²) in [6.07, 6.45) is -2.94. The molecule has 0 amide bonds. The maximum absolute atomic E-state index is 10.7. The molecule has 0 spiro atoms. The molecule has 0 aromatic rings. The van der Waals surface area contributed by atoms with Crippen molar-refractivity contribution in [3.05, 3.63) is 0 Å². The van der Waals surface area contributed by atoms with E-state index in [-0.39, 0.29) is 23.2 Å². The maximum atomic E-state index is 10.7. The van der Waals surface area contributed by atoms with Crippen LogP contribution in [0.3, 0.4) is 0 Å². The second-order valence-corrected chi connectivity index (χ2v) is 4.16. The molecule has 0 rings (SSSR count). The second-order valence-electron chi connectivity index (χ2n) is 4.16. The van der Waals surface area contributed by atoms with E-state index in [0.29, 0.717) is 0 Å². The first kappa shape index (κ1) is 25.2. The van der Waals surface area contributed by atoms with Crippen LogP contribution in [0.1, 0.15) is 19.3 Å². The van der Waals surface area contributed by atoms with E-state index < -0.39 is 61.3 Å². The number of carboxylic acid groups (broad SMARTS) is 4. The Morgan fingerprint density at radius 1 is 0.909 bits per heavy atom. The van der Waals surface area contributed by atoms with Gasteiger partial charge in [0.15, 0.2) is 0 Å². The Morgan fingerprint density at radius 2 is 1.32 bits per heavy atom. The Bertz CT molecular complexity index is 401. The van der Waals surface area contributed by atoms with Crippen LogP contribution >= 0.6 is 0 Å². The molecule has 0 heterocycles. The number of hydrogen-bond acceptors (Lipinski definition) is 10. The summed E-state index contributed by atoms with van der Waals surface area (Å²) in [6, 6.07) is -1.55. The predicted molar refractivity (Wildman–Crippen MR) is 58.6 cm³/mol. The third-order valence-electron chi connectivity index (χ3n) is 2.60. The smallest absolute Gasteiger partial charge is 0.550 e. The fourth-order valence-corrected chi connectivity index (χ4v) is 1.72. The van der Waals surface area contributed by atoms with Crippen molar-refractivity contribution in [3.63, 3.8) is 0 Å². The third kappa shape index (κ3) is 9.26. The average molecular weight is 362 g/mol. The van der Waals surface area contributed by atoms with Gasteiger partial charge in [0.2, 0.25) is 0 Å². The van der Waals surface area contributed by atoms with Crippen molar-refractivity contribution in [3.8, 4) is 0 Å². The van der Waals surface area contributed by atoms with Gasteiger partial charge < -0.3 is 56.8 Å². The van der Waals surface area contributed by atoms with Crippen LogP contribution in [0.4, 0.5) is 0 Å². The topological polar surface area (TPSA) is 235 Å². The van der Waals surface area contributed by atoms with Gasteiger partial charge in [-0.25, -0.2) is 0 Å². The summed E-state index contributed by atoms with van der Waals surface area (Å²) in [6.45, 7) is -0.929. The number of carboxylic acids is 4. The molecule has 127 valence electrons. The Morgan fingerprint density at radius 3 is 1.59 bits per heavy atom. The van der Waals surface area contributed by atoms with E-state index in [2.05, 4.69) is 5.32 Å². The zero-order valence-corrected chi connectivity index (χ0v) is 12.7. The fraction of sp³-hybridized carbons (Fsp3) is 0.600. The summed E-state index contributed by atoms with van der Waals surface area (Å²) in [5.74, 6) is -6.81. The standard InChI is InChI=1S/C10H16N2O8.Fe.H3N/c11-5(1-6(13)14)10(2-7(15)16,3-8(17)18)12-4-9(19)20;;/h5,12H,1-4,11H2,(H,13,14)(H,15,16)(H,17,18)(H,19,20);;1H3/q;+3;/p-3. The van der Waals surface area contributed by atoms with E-state index in [1.165, 1.54) is 0 Å². The molecule has 0 aliphatic heterocycles. The van der Waals surface area contributed by atoms with Crippen LogP contribution in [-0.4, -0.2) is 42.0 Å². The molecule has 11 nitrogen and oxygen atoms in total. The Kier molecular flexibility index (Phi) is 12.5. The molecular weight excluding hydrogens is 346 g/mol. The van der Waals surface area contributed by atoms with E-state index in [4.69, 9.17) is 5.73 Å². The number of rotatable bonds is 10. The number of nitrogens with two attached hydrogens (primary N) is 1. The number of aliphatic carboxylic acids is 4. The summed E-state index contributed by atoms with van der Waals surface area (Å²) in [5.41, 5.74) is 3.39. The van der Waals surface area contributed by atoms with Gasteiger partial charge >= 0.3 is 17.1 Å². The van der Waals surface area contributed by atoms with Gasteiger partial charge in [0.05, 0.1) is 5.97 Å². The molecule has 7 N–H and O–H groups in total. The van der Waals surface area contributed by atoms with Gasteiger partial charge in [-0.05, 0) is 0 Å². The molecule has 1 atom stereocenters. The minimum absolute atomic E-state index is 0. The van der Waals surface area contributed by atoms with Crippen molar-refractivity contribution < 1.29 is 56.7 Å². The molecule has 0 aliphatic carbocycles. The first-order valence-electron chi connectivity index (χ1n) is 5.39. The summed E-state index contributed by atoms with van der Waals surface area (Å²) < 4.78 is 0. The molecule has 0 aromatic heterocycles. The fourth-order valence-electron chi connectivity index (χ4n) is 1.72. The summed E-state index contributed by atoms with van der Waals surface area (Å²) in [4.78, 5) is 42.3. The zero-order chi connectivity index (χ0) is 15.9. The second kappa shape index (κ2) is 10.9. The Hall–Kier alpha value is -1.72. The SMILES string of the molecule is NC(CC(=O)[O-])C(CC(=O)[O-])(CC(=O)[O-])NCC(=O)[O-].[Fe+3].[NH4+]. The first-order chi connectivity index (χ1) is 9.09. The number of nitrogens with one attached hydrogen (secondary N) is 1. The van der Waals surface area contributed by atoms with Gasteiger partial charge in [-0.1, -0.05) is 0 Å². The molecule has 0 saturated carbocycles. The Balaban J connectivity index is -0.00000180. The number of quaternary nitrogens is 1. The monoisotopic (exact) mass is 362 g/mol. The minimum Gasteiger partial charge on any atom is -0.550 e. The van der Waals surface area contributed by atoms with Gasteiger partial charge in [0, 0.05) is 55.3 Å². The van der Waals surface area contributed by atoms with Gasteiger partial charge in [-0.2, -0.15) is 0 Å². The minimum atomic E-state index is -2.07. The molecular formula is C10H16FeN3O8. The molecule has 1 radical (unpaired) electrons. The Labute approximate surface area is 135 Å². The third-order valence-corrected chi connectivity index (χ3v) is 2.60. The van der Waals surface area contributed by atoms with Crippen molar-refractivity contribution in [2.45, 2.75) is 30.8 Å². The van der Waals surface area contributed by atoms with Crippen LogP contribution in [0.25, 0.3) is 0 Å². The van der Waals surface area contributed by atoms with Crippen molar-refractivity contribution >= 4 is 23.9 Å². The van der Waals surface area contributed by atoms with Crippen molar-refractivity contribution in [1.29, 1.82) is 0 Å². The average Bonchev–Trinajstić information content (AvgIpc) is 2.23. The van der Waals surface area contributed by atoms with Gasteiger partial charge in [-0.3, -0.25) is 0 Å². The molecule has 0 saturated heterocycles. The van der Waals surface area contributed by atoms with Crippen LogP contribution in [0.15, 0.2) is 0 Å². The zero-order valence-electron chi connectivity index (χ0n) is 11.6. The first-order valence-corrected chi connectivity index (χ1v) is 5.39. The van der Waals surface area contributed by atoms with E-state index in [0.717, 1.165) is 0 Å². The summed E-state index contributed by atoms with van der Waals surface area (Å²) >= 11 is 0. The molecule has 0 fully saturated rings. The summed E-state index contributed by atoms with van der Waals surface area (Å²) in [7, 11) is 0. The normalized spacial score (nSPS) is 11.5. The van der Waals surface area contributed by atoms with Gasteiger partial charge in [0.1, 0.15) is 0 Å². The van der Waals surface area contributed by atoms with Crippen LogP contribution in [-0.2, 0) is 36.2 Å². The van der Waals surface area contributed by atoms with E-state index in [1.807, 2.05) is 0 Å². The molecule has 0 aromatic carbocycles. The van der Waals surface area contributed by atoms with E-state index >= 15 is 0 Å². The predicted octanol–water partition coefficient (Wildman–Crippen LogP) is -6.81. The van der Waals surface area contributed by atoms with E-state index in [1.54, 1.807) is 0 Å². The van der Waals surface area contributed by atoms with Crippen LogP contribution in [0.5, 0.6) is 0 Å². The summed E-state index contributed by atoms with van der Waals surface area (Å²) in [5, 5.41) is 44.3. The molecule has 0 bridgehead atoms. The quantitative estimate of drug-likeness (QED) is 0.310. The number of carbonyl (C=O) groups excluding carboxylic acids is 4. The van der Waals surface area contributed by atoms with E-state index in [9.17, 15) is 39.6 Å². The molecule has 0 aliphatic rings. The largest absolute Gasteiger partial charge is 3.00 e. The maximum Gasteiger partial charge on any atom is 3.00 e. The van der Waals surface area contributed by atoms with Crippen LogP contribution in [0.2, 0.25) is 0 Å². The van der Waals surface area contributed by atoms with Crippen molar-refractivity contribution in [2.24, 2.45) is 5.73 Å².